The van der Waals surface area contributed by atoms with Gasteiger partial charge in [0.25, 0.3) is 5.91 Å². The average molecular weight is 348 g/mol. The Balaban J connectivity index is 2.67. The second-order valence-electron chi connectivity index (χ2n) is 6.17. The fraction of sp³-hybridized carbons (Fsp3) is 0.600. The predicted octanol–water partition coefficient (Wildman–Crippen LogP) is 3.12. The minimum Gasteiger partial charge on any atom is -0.469 e. The maximum atomic E-state index is 12.9. The first-order valence-electron chi connectivity index (χ1n) is 9.17. The molecule has 0 atom stereocenters. The number of nitrogens with zero attached hydrogens (tertiary/aromatic N) is 2. The van der Waals surface area contributed by atoms with E-state index < -0.39 is 0 Å². The van der Waals surface area contributed by atoms with Crippen LogP contribution in [-0.2, 0) is 9.53 Å². The first kappa shape index (κ1) is 21.2. The highest BCUT2D eigenvalue weighted by Gasteiger charge is 2.18. The van der Waals surface area contributed by atoms with E-state index in [4.69, 9.17) is 4.74 Å². The van der Waals surface area contributed by atoms with E-state index in [0.29, 0.717) is 18.7 Å². The van der Waals surface area contributed by atoms with Crippen molar-refractivity contribution >= 4 is 11.9 Å². The van der Waals surface area contributed by atoms with Crippen LogP contribution in [0.3, 0.4) is 0 Å². The average Bonchev–Trinajstić information content (AvgIpc) is 2.63. The zero-order chi connectivity index (χ0) is 18.7. The van der Waals surface area contributed by atoms with Crippen molar-refractivity contribution in [3.63, 3.8) is 0 Å². The Labute approximate surface area is 151 Å². The molecule has 0 saturated carbocycles. The summed E-state index contributed by atoms with van der Waals surface area (Å²) in [6.07, 6.45) is 2.19. The molecule has 0 heterocycles. The molecular weight excluding hydrogens is 316 g/mol. The summed E-state index contributed by atoms with van der Waals surface area (Å²) in [7, 11) is 1.37. The molecule has 0 aliphatic rings. The maximum Gasteiger partial charge on any atom is 0.307 e. The van der Waals surface area contributed by atoms with Crippen molar-refractivity contribution in [1.82, 2.24) is 9.80 Å². The molecule has 1 aromatic carbocycles. The van der Waals surface area contributed by atoms with Crippen LogP contribution in [0, 0.1) is 6.92 Å². The number of hydrogen-bond donors (Lipinski definition) is 0. The van der Waals surface area contributed by atoms with Crippen molar-refractivity contribution in [3.05, 3.63) is 35.4 Å². The van der Waals surface area contributed by atoms with Crippen LogP contribution in [-0.4, -0.2) is 61.5 Å². The summed E-state index contributed by atoms with van der Waals surface area (Å²) in [6, 6.07) is 7.58. The van der Waals surface area contributed by atoms with Gasteiger partial charge < -0.3 is 14.5 Å². The number of amides is 1. The number of carbonyl (C=O) groups excluding carboxylic acids is 2. The molecule has 0 unspecified atom stereocenters. The highest BCUT2D eigenvalue weighted by atomic mass is 16.5. The molecule has 25 heavy (non-hydrogen) atoms. The summed E-state index contributed by atoms with van der Waals surface area (Å²) in [5.41, 5.74) is 1.66. The van der Waals surface area contributed by atoms with Crippen LogP contribution in [0.5, 0.6) is 0 Å². The van der Waals surface area contributed by atoms with Crippen molar-refractivity contribution in [3.8, 4) is 0 Å². The van der Waals surface area contributed by atoms with Crippen LogP contribution in [0.1, 0.15) is 49.0 Å². The van der Waals surface area contributed by atoms with Crippen LogP contribution < -0.4 is 0 Å². The third-order valence-electron chi connectivity index (χ3n) is 4.52. The number of aryl methyl sites for hydroxylation is 1. The van der Waals surface area contributed by atoms with Gasteiger partial charge in [0.2, 0.25) is 0 Å². The summed E-state index contributed by atoms with van der Waals surface area (Å²) in [5, 5.41) is 0. The molecule has 5 heteroatoms. The lowest BCUT2D eigenvalue weighted by atomic mass is 10.1. The van der Waals surface area contributed by atoms with Gasteiger partial charge in [0.1, 0.15) is 0 Å². The smallest absolute Gasteiger partial charge is 0.307 e. The van der Waals surface area contributed by atoms with Gasteiger partial charge in [-0.3, -0.25) is 9.59 Å². The maximum absolute atomic E-state index is 12.9. The number of rotatable bonds is 11. The van der Waals surface area contributed by atoms with E-state index in [1.54, 1.807) is 4.90 Å². The fourth-order valence-electron chi connectivity index (χ4n) is 2.80. The lowest BCUT2D eigenvalue weighted by Crippen LogP contribution is -2.35. The number of ether oxygens (including phenoxy) is 1. The largest absolute Gasteiger partial charge is 0.469 e. The van der Waals surface area contributed by atoms with Gasteiger partial charge in [-0.2, -0.15) is 0 Å². The monoisotopic (exact) mass is 348 g/mol. The molecule has 0 spiro atoms. The molecule has 0 aliphatic heterocycles. The molecule has 0 fully saturated rings. The van der Waals surface area contributed by atoms with Gasteiger partial charge in [-0.1, -0.05) is 32.0 Å². The summed E-state index contributed by atoms with van der Waals surface area (Å²) < 4.78 is 4.71. The van der Waals surface area contributed by atoms with E-state index >= 15 is 0 Å². The lowest BCUT2D eigenvalue weighted by Gasteiger charge is -2.24. The normalized spacial score (nSPS) is 10.8. The van der Waals surface area contributed by atoms with Crippen LogP contribution >= 0.6 is 0 Å². The van der Waals surface area contributed by atoms with Crippen LogP contribution in [0.15, 0.2) is 24.3 Å². The Morgan fingerprint density at radius 2 is 1.64 bits per heavy atom. The third kappa shape index (κ3) is 7.26. The van der Waals surface area contributed by atoms with E-state index in [2.05, 4.69) is 18.7 Å². The Hall–Kier alpha value is -1.88. The van der Waals surface area contributed by atoms with E-state index in [0.717, 1.165) is 38.0 Å². The first-order valence-corrected chi connectivity index (χ1v) is 9.17. The van der Waals surface area contributed by atoms with Crippen molar-refractivity contribution in [2.24, 2.45) is 0 Å². The molecule has 0 aromatic heterocycles. The number of hydrogen-bond acceptors (Lipinski definition) is 4. The number of unbranched alkanes of at least 4 members (excludes halogenated alkanes) is 1. The highest BCUT2D eigenvalue weighted by molar-refractivity contribution is 5.95. The van der Waals surface area contributed by atoms with Gasteiger partial charge in [0.15, 0.2) is 0 Å². The SMILES string of the molecule is CCN(CC)CCCCN(CCC(=O)OC)C(=O)c1ccccc1C. The zero-order valence-corrected chi connectivity index (χ0v) is 16.1. The topological polar surface area (TPSA) is 49.9 Å². The molecule has 0 N–H and O–H groups in total. The Morgan fingerprint density at radius 3 is 2.24 bits per heavy atom. The van der Waals surface area contributed by atoms with Crippen molar-refractivity contribution in [2.45, 2.75) is 40.0 Å². The molecule has 1 aromatic rings. The minimum atomic E-state index is -0.286. The summed E-state index contributed by atoms with van der Waals surface area (Å²) in [4.78, 5) is 28.5. The number of carbonyl (C=O) groups is 2. The van der Waals surface area contributed by atoms with Gasteiger partial charge in [0.05, 0.1) is 13.5 Å². The predicted molar refractivity (Wildman–Crippen MR) is 101 cm³/mol. The lowest BCUT2D eigenvalue weighted by molar-refractivity contribution is -0.140. The minimum absolute atomic E-state index is 0.00941. The Bertz CT molecular complexity index is 541. The summed E-state index contributed by atoms with van der Waals surface area (Å²) in [5.74, 6) is -0.296. The number of esters is 1. The van der Waals surface area contributed by atoms with Crippen LogP contribution in [0.25, 0.3) is 0 Å². The third-order valence-corrected chi connectivity index (χ3v) is 4.52. The molecular formula is C20H32N2O3. The molecule has 0 saturated heterocycles. The molecule has 5 nitrogen and oxygen atoms in total. The molecule has 1 rings (SSSR count). The molecule has 1 amide bonds. The second kappa shape index (κ2) is 11.6. The zero-order valence-electron chi connectivity index (χ0n) is 16.1. The van der Waals surface area contributed by atoms with Gasteiger partial charge >= 0.3 is 5.97 Å². The highest BCUT2D eigenvalue weighted by Crippen LogP contribution is 2.12. The van der Waals surface area contributed by atoms with Gasteiger partial charge in [-0.25, -0.2) is 0 Å². The van der Waals surface area contributed by atoms with Gasteiger partial charge in [0, 0.05) is 18.7 Å². The van der Waals surface area contributed by atoms with Crippen LogP contribution in [0.2, 0.25) is 0 Å². The molecule has 0 bridgehead atoms. The second-order valence-corrected chi connectivity index (χ2v) is 6.17. The quantitative estimate of drug-likeness (QED) is 0.455. The van der Waals surface area contributed by atoms with Crippen molar-refractivity contribution in [2.75, 3.05) is 39.8 Å². The number of methoxy groups -OCH3 is 1. The Morgan fingerprint density at radius 1 is 1.00 bits per heavy atom. The van der Waals surface area contributed by atoms with E-state index in [9.17, 15) is 9.59 Å². The summed E-state index contributed by atoms with van der Waals surface area (Å²) >= 11 is 0. The van der Waals surface area contributed by atoms with Crippen molar-refractivity contribution < 1.29 is 14.3 Å². The molecule has 0 aliphatic carbocycles. The molecule has 140 valence electrons. The molecule has 0 radical (unpaired) electrons. The number of benzene rings is 1. The van der Waals surface area contributed by atoms with E-state index in [-0.39, 0.29) is 18.3 Å². The van der Waals surface area contributed by atoms with Crippen molar-refractivity contribution in [1.29, 1.82) is 0 Å². The fourth-order valence-corrected chi connectivity index (χ4v) is 2.80. The first-order chi connectivity index (χ1) is 12.0. The standard InChI is InChI=1S/C20H32N2O3/c1-5-21(6-2)14-9-10-15-22(16-13-19(23)25-4)20(24)18-12-8-7-11-17(18)3/h7-8,11-12H,5-6,9-10,13-16H2,1-4H3. The van der Waals surface area contributed by atoms with Crippen LogP contribution in [0.4, 0.5) is 0 Å². The summed E-state index contributed by atoms with van der Waals surface area (Å²) in [6.45, 7) is 10.4. The van der Waals surface area contributed by atoms with E-state index in [1.807, 2.05) is 31.2 Å². The Kier molecular flexibility index (Phi) is 9.85. The van der Waals surface area contributed by atoms with Gasteiger partial charge in [-0.05, 0) is 51.0 Å². The van der Waals surface area contributed by atoms with E-state index in [1.165, 1.54) is 7.11 Å². The van der Waals surface area contributed by atoms with Gasteiger partial charge in [-0.15, -0.1) is 0 Å².